The van der Waals surface area contributed by atoms with Crippen molar-refractivity contribution in [2.24, 2.45) is 0 Å². The molecule has 3 aromatic carbocycles. The van der Waals surface area contributed by atoms with Gasteiger partial charge in [-0.2, -0.15) is 0 Å². The Morgan fingerprint density at radius 1 is 0.927 bits per heavy atom. The largest absolute Gasteiger partial charge is 0.354 e. The van der Waals surface area contributed by atoms with Crippen molar-refractivity contribution in [1.82, 2.24) is 10.2 Å². The Balaban J connectivity index is 2.08. The fourth-order valence-electron chi connectivity index (χ4n) is 4.33. The highest BCUT2D eigenvalue weighted by molar-refractivity contribution is 7.92. The molecule has 1 N–H and O–H groups in total. The van der Waals surface area contributed by atoms with Gasteiger partial charge in [0.05, 0.1) is 10.6 Å². The number of sulfonamides is 1. The van der Waals surface area contributed by atoms with E-state index < -0.39 is 28.5 Å². The summed E-state index contributed by atoms with van der Waals surface area (Å²) in [7, 11) is -4.20. The van der Waals surface area contributed by atoms with Crippen molar-refractivity contribution in [2.45, 2.75) is 57.5 Å². The molecule has 0 saturated heterocycles. The Hall–Kier alpha value is -2.78. The maximum Gasteiger partial charge on any atom is 0.264 e. The molecule has 0 aromatic heterocycles. The van der Waals surface area contributed by atoms with Crippen molar-refractivity contribution >= 4 is 62.3 Å². The lowest BCUT2D eigenvalue weighted by Gasteiger charge is -2.33. The van der Waals surface area contributed by atoms with Crippen molar-refractivity contribution in [3.63, 3.8) is 0 Å². The standard InChI is InChI=1S/C30H34Cl3N3O4S/c1-4-6-17-34-30(38)28(5-2)35(19-25-26(32)11-8-12-27(25)33)29(37)20-36(23-10-7-9-21(3)18-23)41(39,40)24-15-13-22(31)14-16-24/h7-16,18,28H,4-6,17,19-20H2,1-3H3,(H,34,38). The van der Waals surface area contributed by atoms with Crippen LogP contribution in [0.5, 0.6) is 0 Å². The average Bonchev–Trinajstić information content (AvgIpc) is 2.93. The number of halogens is 3. The summed E-state index contributed by atoms with van der Waals surface area (Å²) in [6.07, 6.45) is 1.97. The van der Waals surface area contributed by atoms with Crippen LogP contribution < -0.4 is 9.62 Å². The van der Waals surface area contributed by atoms with E-state index in [2.05, 4.69) is 5.32 Å². The van der Waals surface area contributed by atoms with E-state index in [-0.39, 0.29) is 17.3 Å². The van der Waals surface area contributed by atoms with E-state index in [1.54, 1.807) is 43.3 Å². The van der Waals surface area contributed by atoms with Crippen LogP contribution in [0.15, 0.2) is 71.6 Å². The minimum atomic E-state index is -4.20. The minimum Gasteiger partial charge on any atom is -0.354 e. The number of nitrogens with one attached hydrogen (secondary N) is 1. The van der Waals surface area contributed by atoms with E-state index in [4.69, 9.17) is 34.8 Å². The summed E-state index contributed by atoms with van der Waals surface area (Å²) in [6.45, 7) is 5.45. The first kappa shape index (κ1) is 32.7. The predicted octanol–water partition coefficient (Wildman–Crippen LogP) is 6.87. The molecular formula is C30H34Cl3N3O4S. The highest BCUT2D eigenvalue weighted by atomic mass is 35.5. The molecule has 0 aliphatic carbocycles. The van der Waals surface area contributed by atoms with Gasteiger partial charge in [-0.15, -0.1) is 0 Å². The number of nitrogens with zero attached hydrogens (tertiary/aromatic N) is 2. The molecule has 0 saturated carbocycles. The van der Waals surface area contributed by atoms with E-state index in [0.717, 1.165) is 22.7 Å². The van der Waals surface area contributed by atoms with Gasteiger partial charge in [-0.1, -0.05) is 73.3 Å². The third kappa shape index (κ3) is 8.38. The third-order valence-corrected chi connectivity index (χ3v) is 9.32. The molecule has 0 heterocycles. The van der Waals surface area contributed by atoms with E-state index in [1.807, 2.05) is 19.9 Å². The molecule has 0 spiro atoms. The van der Waals surface area contributed by atoms with Crippen LogP contribution in [0.2, 0.25) is 15.1 Å². The topological polar surface area (TPSA) is 86.8 Å². The predicted molar refractivity (Wildman–Crippen MR) is 166 cm³/mol. The number of hydrogen-bond donors (Lipinski definition) is 1. The van der Waals surface area contributed by atoms with Gasteiger partial charge < -0.3 is 10.2 Å². The van der Waals surface area contributed by atoms with Crippen LogP contribution in [-0.2, 0) is 26.2 Å². The zero-order chi connectivity index (χ0) is 30.2. The Labute approximate surface area is 257 Å². The molecular weight excluding hydrogens is 605 g/mol. The van der Waals surface area contributed by atoms with Gasteiger partial charge in [-0.3, -0.25) is 13.9 Å². The Bertz CT molecular complexity index is 1450. The number of hydrogen-bond acceptors (Lipinski definition) is 4. The van der Waals surface area contributed by atoms with Crippen LogP contribution in [0, 0.1) is 6.92 Å². The third-order valence-electron chi connectivity index (χ3n) is 6.58. The smallest absolute Gasteiger partial charge is 0.264 e. The van der Waals surface area contributed by atoms with E-state index >= 15 is 0 Å². The molecule has 0 aliphatic heterocycles. The van der Waals surface area contributed by atoms with E-state index in [9.17, 15) is 18.0 Å². The molecule has 2 amide bonds. The van der Waals surface area contributed by atoms with Crippen LogP contribution in [-0.4, -0.2) is 44.3 Å². The van der Waals surface area contributed by atoms with E-state index in [0.29, 0.717) is 39.3 Å². The molecule has 0 bridgehead atoms. The lowest BCUT2D eigenvalue weighted by Crippen LogP contribution is -2.52. The Morgan fingerprint density at radius 2 is 1.56 bits per heavy atom. The first-order chi connectivity index (χ1) is 19.5. The number of benzene rings is 3. The summed E-state index contributed by atoms with van der Waals surface area (Å²) in [5, 5.41) is 3.94. The van der Waals surface area contributed by atoms with Crippen molar-refractivity contribution in [2.75, 3.05) is 17.4 Å². The van der Waals surface area contributed by atoms with Gasteiger partial charge in [0.25, 0.3) is 10.0 Å². The number of unbranched alkanes of at least 4 members (excludes halogenated alkanes) is 1. The van der Waals surface area contributed by atoms with Crippen LogP contribution in [0.4, 0.5) is 5.69 Å². The summed E-state index contributed by atoms with van der Waals surface area (Å²) >= 11 is 18.9. The van der Waals surface area contributed by atoms with Crippen LogP contribution in [0.25, 0.3) is 0 Å². The summed E-state index contributed by atoms with van der Waals surface area (Å²) in [4.78, 5) is 28.8. The molecule has 220 valence electrons. The second kappa shape index (κ2) is 14.9. The normalized spacial score (nSPS) is 12.0. The Kier molecular flexibility index (Phi) is 11.9. The zero-order valence-corrected chi connectivity index (χ0v) is 26.3. The monoisotopic (exact) mass is 637 g/mol. The van der Waals surface area contributed by atoms with Crippen molar-refractivity contribution in [3.05, 3.63) is 92.9 Å². The van der Waals surface area contributed by atoms with E-state index in [1.165, 1.54) is 29.2 Å². The number of aryl methyl sites for hydroxylation is 1. The van der Waals surface area contributed by atoms with Gasteiger partial charge >= 0.3 is 0 Å². The molecule has 0 aliphatic rings. The highest BCUT2D eigenvalue weighted by Crippen LogP contribution is 2.29. The van der Waals surface area contributed by atoms with Gasteiger partial charge in [-0.05, 0) is 73.9 Å². The summed E-state index contributed by atoms with van der Waals surface area (Å²) in [5.41, 5.74) is 1.59. The molecule has 3 aromatic rings. The first-order valence-corrected chi connectivity index (χ1v) is 15.9. The fraction of sp³-hybridized carbons (Fsp3) is 0.333. The molecule has 1 atom stereocenters. The molecule has 7 nitrogen and oxygen atoms in total. The van der Waals surface area contributed by atoms with Gasteiger partial charge in [0.1, 0.15) is 12.6 Å². The zero-order valence-electron chi connectivity index (χ0n) is 23.2. The number of rotatable bonds is 13. The SMILES string of the molecule is CCCCNC(=O)C(CC)N(Cc1c(Cl)cccc1Cl)C(=O)CN(c1cccc(C)c1)S(=O)(=O)c1ccc(Cl)cc1. The lowest BCUT2D eigenvalue weighted by molar-refractivity contribution is -0.140. The van der Waals surface area contributed by atoms with Gasteiger partial charge in [0.2, 0.25) is 11.8 Å². The van der Waals surface area contributed by atoms with Crippen LogP contribution in [0.1, 0.15) is 44.2 Å². The van der Waals surface area contributed by atoms with Gasteiger partial charge in [-0.25, -0.2) is 8.42 Å². The molecule has 3 rings (SSSR count). The number of carbonyl (C=O) groups is 2. The summed E-state index contributed by atoms with van der Waals surface area (Å²) in [6, 6.07) is 16.7. The quantitative estimate of drug-likeness (QED) is 0.207. The maximum atomic E-state index is 14.1. The van der Waals surface area contributed by atoms with Gasteiger partial charge in [0.15, 0.2) is 0 Å². The van der Waals surface area contributed by atoms with Crippen molar-refractivity contribution < 1.29 is 18.0 Å². The molecule has 1 unspecified atom stereocenters. The minimum absolute atomic E-state index is 0.0266. The Morgan fingerprint density at radius 3 is 2.15 bits per heavy atom. The summed E-state index contributed by atoms with van der Waals surface area (Å²) < 4.78 is 28.9. The van der Waals surface area contributed by atoms with Crippen molar-refractivity contribution in [1.29, 1.82) is 0 Å². The molecule has 11 heteroatoms. The van der Waals surface area contributed by atoms with Crippen LogP contribution >= 0.6 is 34.8 Å². The van der Waals surface area contributed by atoms with Gasteiger partial charge in [0, 0.05) is 33.7 Å². The number of amides is 2. The highest BCUT2D eigenvalue weighted by Gasteiger charge is 2.34. The van der Waals surface area contributed by atoms with Crippen molar-refractivity contribution in [3.8, 4) is 0 Å². The fourth-order valence-corrected chi connectivity index (χ4v) is 6.37. The molecule has 0 radical (unpaired) electrons. The average molecular weight is 639 g/mol. The number of carbonyl (C=O) groups excluding carboxylic acids is 2. The summed E-state index contributed by atoms with van der Waals surface area (Å²) in [5.74, 6) is -0.919. The lowest BCUT2D eigenvalue weighted by atomic mass is 10.1. The number of anilines is 1. The second-order valence-corrected chi connectivity index (χ2v) is 12.7. The second-order valence-electron chi connectivity index (χ2n) is 9.60. The first-order valence-electron chi connectivity index (χ1n) is 13.3. The molecule has 0 fully saturated rings. The van der Waals surface area contributed by atoms with Crippen LogP contribution in [0.3, 0.4) is 0 Å². The molecule has 41 heavy (non-hydrogen) atoms. The maximum absolute atomic E-state index is 14.1.